The van der Waals surface area contributed by atoms with Crippen molar-refractivity contribution in [2.45, 2.75) is 19.1 Å². The maximum Gasteiger partial charge on any atom is 0.430 e. The summed E-state index contributed by atoms with van der Waals surface area (Å²) in [6.07, 6.45) is 0.185. The van der Waals surface area contributed by atoms with Crippen LogP contribution in [0.3, 0.4) is 0 Å². The van der Waals surface area contributed by atoms with Crippen molar-refractivity contribution in [3.05, 3.63) is 40.3 Å². The Morgan fingerprint density at radius 2 is 2.19 bits per heavy atom. The fraction of sp³-hybridized carbons (Fsp3) is 0.462. The lowest BCUT2D eigenvalue weighted by molar-refractivity contribution is 0.0869. The normalized spacial score (nSPS) is 11.0. The molecule has 1 radical (unpaired) electrons. The highest BCUT2D eigenvalue weighted by atomic mass is 16.5. The van der Waals surface area contributed by atoms with Gasteiger partial charge in [-0.25, -0.2) is 5.26 Å². The molecule has 0 fully saturated rings. The first-order valence-electron chi connectivity index (χ1n) is 6.38. The molecule has 0 aliphatic rings. The number of rotatable bonds is 10. The second kappa shape index (κ2) is 10.6. The molecule has 21 heavy (non-hydrogen) atoms. The zero-order chi connectivity index (χ0) is 15.3. The Morgan fingerprint density at radius 1 is 1.43 bits per heavy atom. The molecule has 0 aliphatic heterocycles. The molecule has 8 heteroatoms. The van der Waals surface area contributed by atoms with Crippen LogP contribution in [0, 0.1) is 11.2 Å². The van der Waals surface area contributed by atoms with Crippen LogP contribution >= 0.6 is 0 Å². The largest absolute Gasteiger partial charge is 0.497 e. The van der Waals surface area contributed by atoms with Crippen LogP contribution < -0.4 is 4.74 Å². The predicted molar refractivity (Wildman–Crippen MR) is 77.5 cm³/mol. The summed E-state index contributed by atoms with van der Waals surface area (Å²) in [6, 6.07) is 7.59. The van der Waals surface area contributed by atoms with Gasteiger partial charge in [0.15, 0.2) is 0 Å². The van der Waals surface area contributed by atoms with E-state index in [1.54, 1.807) is 13.1 Å². The lowest BCUT2D eigenvalue weighted by Crippen LogP contribution is -2.20. The molecule has 1 rings (SSSR count). The molecule has 109 valence electrons. The van der Waals surface area contributed by atoms with E-state index in [0.717, 1.165) is 18.8 Å². The minimum atomic E-state index is -0.351. The van der Waals surface area contributed by atoms with Crippen LogP contribution in [0.5, 0.6) is 5.75 Å². The average molecular weight is 287 g/mol. The molecule has 0 N–H and O–H groups in total. The van der Waals surface area contributed by atoms with Gasteiger partial charge in [0.1, 0.15) is 5.75 Å². The first-order chi connectivity index (χ1) is 10.3. The molecule has 0 unspecified atom stereocenters. The second-order valence-corrected chi connectivity index (χ2v) is 4.11. The number of hydrogen-bond acceptors (Lipinski definition) is 5. The highest BCUT2D eigenvalue weighted by molar-refractivity contribution is 6.37. The summed E-state index contributed by atoms with van der Waals surface area (Å²) in [7, 11) is 2.65. The third-order valence-corrected chi connectivity index (χ3v) is 2.67. The van der Waals surface area contributed by atoms with Gasteiger partial charge >= 0.3 is 7.48 Å². The fourth-order valence-electron chi connectivity index (χ4n) is 1.58. The first-order valence-corrected chi connectivity index (χ1v) is 6.38. The number of benzene rings is 1. The molecule has 7 nitrogen and oxygen atoms in total. The predicted octanol–water partition coefficient (Wildman–Crippen LogP) is 2.40. The first kappa shape index (κ1) is 16.9. The molecule has 0 amide bonds. The SMILES string of the molecule is COc1ccc(COCC[C@H](CN=[N+]=[N-])O[B]C#N)cc1. The van der Waals surface area contributed by atoms with E-state index in [2.05, 4.69) is 10.0 Å². The summed E-state index contributed by atoms with van der Waals surface area (Å²) in [5.41, 5.74) is 9.32. The Hall–Kier alpha value is -2.20. The molecule has 1 aromatic carbocycles. The quantitative estimate of drug-likeness (QED) is 0.217. The maximum atomic E-state index is 8.43. The summed E-state index contributed by atoms with van der Waals surface area (Å²) in [5.74, 6) is 2.57. The number of azide groups is 1. The standard InChI is InChI=1S/C13H16BN4O3/c1-19-12-4-2-11(3-5-12)9-20-7-6-13(8-17-18-16)21-14-10-15/h2-5,13H,6-9H2,1H3/t13-/m1/s1. The van der Waals surface area contributed by atoms with Gasteiger partial charge in [0, 0.05) is 23.6 Å². The van der Waals surface area contributed by atoms with E-state index < -0.39 is 0 Å². The van der Waals surface area contributed by atoms with Crippen molar-refractivity contribution in [3.8, 4) is 11.7 Å². The van der Waals surface area contributed by atoms with Crippen LogP contribution in [0.15, 0.2) is 29.4 Å². The van der Waals surface area contributed by atoms with Crippen molar-refractivity contribution in [3.63, 3.8) is 0 Å². The molecule has 0 aliphatic carbocycles. The summed E-state index contributed by atoms with van der Waals surface area (Å²) in [4.78, 5) is 2.67. The van der Waals surface area contributed by atoms with Crippen molar-refractivity contribution >= 4 is 7.48 Å². The lowest BCUT2D eigenvalue weighted by Gasteiger charge is -2.14. The number of hydrogen-bond donors (Lipinski definition) is 0. The second-order valence-electron chi connectivity index (χ2n) is 4.11. The lowest BCUT2D eigenvalue weighted by atomic mass is 10.1. The molecule has 0 spiro atoms. The van der Waals surface area contributed by atoms with Crippen molar-refractivity contribution in [1.82, 2.24) is 0 Å². The Kier molecular flexibility index (Phi) is 8.49. The van der Waals surface area contributed by atoms with Crippen LogP contribution in [0.1, 0.15) is 12.0 Å². The minimum Gasteiger partial charge on any atom is -0.497 e. The highest BCUT2D eigenvalue weighted by Gasteiger charge is 2.08. The molecule has 0 saturated carbocycles. The Labute approximate surface area is 124 Å². The van der Waals surface area contributed by atoms with E-state index in [1.807, 2.05) is 24.3 Å². The van der Waals surface area contributed by atoms with Crippen LogP contribution in [-0.2, 0) is 16.0 Å². The Balaban J connectivity index is 2.28. The summed E-state index contributed by atoms with van der Waals surface area (Å²) in [6.45, 7) is 1.08. The van der Waals surface area contributed by atoms with Crippen LogP contribution in [0.4, 0.5) is 0 Å². The third kappa shape index (κ3) is 7.23. The molecule has 0 aromatic heterocycles. The van der Waals surface area contributed by atoms with Gasteiger partial charge in [0.05, 0.1) is 20.3 Å². The maximum absolute atomic E-state index is 8.43. The van der Waals surface area contributed by atoms with E-state index in [9.17, 15) is 0 Å². The summed E-state index contributed by atoms with van der Waals surface area (Å²) in [5, 5.41) is 11.9. The van der Waals surface area contributed by atoms with Gasteiger partial charge in [0.2, 0.25) is 0 Å². The van der Waals surface area contributed by atoms with Gasteiger partial charge in [-0.05, 0) is 29.6 Å². The van der Waals surface area contributed by atoms with Crippen LogP contribution in [0.25, 0.3) is 10.4 Å². The highest BCUT2D eigenvalue weighted by Crippen LogP contribution is 2.12. The smallest absolute Gasteiger partial charge is 0.430 e. The van der Waals surface area contributed by atoms with Crippen molar-refractivity contribution in [1.29, 1.82) is 5.26 Å². The van der Waals surface area contributed by atoms with Crippen LogP contribution in [-0.4, -0.2) is 33.8 Å². The number of ether oxygens (including phenoxy) is 2. The van der Waals surface area contributed by atoms with Crippen molar-refractivity contribution in [2.75, 3.05) is 20.3 Å². The summed E-state index contributed by atoms with van der Waals surface area (Å²) < 4.78 is 15.7. The van der Waals surface area contributed by atoms with Gasteiger partial charge in [-0.15, -0.1) is 0 Å². The van der Waals surface area contributed by atoms with Gasteiger partial charge in [-0.3, -0.25) is 0 Å². The fourth-order valence-corrected chi connectivity index (χ4v) is 1.58. The zero-order valence-corrected chi connectivity index (χ0v) is 11.8. The van der Waals surface area contributed by atoms with Gasteiger partial charge in [-0.2, -0.15) is 0 Å². The number of nitriles is 1. The van der Waals surface area contributed by atoms with E-state index in [-0.39, 0.29) is 12.6 Å². The van der Waals surface area contributed by atoms with E-state index in [0.29, 0.717) is 19.6 Å². The topological polar surface area (TPSA) is 100 Å². The van der Waals surface area contributed by atoms with Crippen molar-refractivity contribution < 1.29 is 14.1 Å². The van der Waals surface area contributed by atoms with Gasteiger partial charge in [0.25, 0.3) is 0 Å². The Morgan fingerprint density at radius 3 is 2.81 bits per heavy atom. The van der Waals surface area contributed by atoms with E-state index >= 15 is 0 Å². The van der Waals surface area contributed by atoms with Gasteiger partial charge < -0.3 is 14.1 Å². The molecule has 1 atom stereocenters. The monoisotopic (exact) mass is 287 g/mol. The molecular formula is C13H16BN4O3. The minimum absolute atomic E-state index is 0.167. The molecule has 0 bridgehead atoms. The van der Waals surface area contributed by atoms with Crippen molar-refractivity contribution in [2.24, 2.45) is 5.11 Å². The number of methoxy groups -OCH3 is 1. The van der Waals surface area contributed by atoms with Crippen LogP contribution in [0.2, 0.25) is 0 Å². The van der Waals surface area contributed by atoms with E-state index in [4.69, 9.17) is 24.9 Å². The zero-order valence-electron chi connectivity index (χ0n) is 11.8. The van der Waals surface area contributed by atoms with Gasteiger partial charge in [-0.1, -0.05) is 17.2 Å². The number of nitrogens with zero attached hydrogens (tertiary/aromatic N) is 4. The molecule has 0 heterocycles. The average Bonchev–Trinajstić information content (AvgIpc) is 2.53. The third-order valence-electron chi connectivity index (χ3n) is 2.67. The molecular weight excluding hydrogens is 271 g/mol. The molecule has 0 saturated heterocycles. The molecule has 1 aromatic rings. The Bertz CT molecular complexity index is 497. The van der Waals surface area contributed by atoms with E-state index in [1.165, 1.54) is 0 Å². The summed E-state index contributed by atoms with van der Waals surface area (Å²) >= 11 is 0.